The molecule has 0 saturated carbocycles. The van der Waals surface area contributed by atoms with Gasteiger partial charge >= 0.3 is 0 Å². The number of hydrogen-bond acceptors (Lipinski definition) is 3. The molecule has 0 spiro atoms. The van der Waals surface area contributed by atoms with Crippen LogP contribution in [0.25, 0.3) is 0 Å². The van der Waals surface area contributed by atoms with Gasteiger partial charge in [-0.05, 0) is 26.0 Å². The van der Waals surface area contributed by atoms with Gasteiger partial charge in [0.15, 0.2) is 5.82 Å². The fraction of sp³-hybridized carbons (Fsp3) is 0.286. The quantitative estimate of drug-likeness (QED) is 0.841. The van der Waals surface area contributed by atoms with Gasteiger partial charge in [0.1, 0.15) is 5.82 Å². The second-order valence-corrected chi connectivity index (χ2v) is 6.75. The Bertz CT molecular complexity index is 698. The number of H-pyrrole nitrogens is 1. The topological polar surface area (TPSA) is 57.8 Å². The fourth-order valence-corrected chi connectivity index (χ4v) is 4.11. The molecule has 21 heavy (non-hydrogen) atoms. The molecule has 3 rings (SSSR count). The lowest BCUT2D eigenvalue weighted by atomic mass is 10.0. The Hall–Kier alpha value is -1.53. The Morgan fingerprint density at radius 1 is 1.38 bits per heavy atom. The minimum atomic E-state index is -0.388. The van der Waals surface area contributed by atoms with Gasteiger partial charge in [-0.2, -0.15) is 5.10 Å². The smallest absolute Gasteiger partial charge is 0.238 e. The van der Waals surface area contributed by atoms with Gasteiger partial charge in [0.05, 0.1) is 10.5 Å². The third-order valence-electron chi connectivity index (χ3n) is 3.47. The van der Waals surface area contributed by atoms with Gasteiger partial charge in [0.25, 0.3) is 0 Å². The van der Waals surface area contributed by atoms with Crippen LogP contribution in [0.2, 0.25) is 5.02 Å². The van der Waals surface area contributed by atoms with Gasteiger partial charge in [-0.25, -0.2) is 4.39 Å². The lowest BCUT2D eigenvalue weighted by Crippen LogP contribution is -2.21. The number of nitrogens with one attached hydrogen (secondary N) is 2. The van der Waals surface area contributed by atoms with E-state index in [-0.39, 0.29) is 22.2 Å². The van der Waals surface area contributed by atoms with Crippen molar-refractivity contribution in [3.8, 4) is 0 Å². The second-order valence-electron chi connectivity index (χ2n) is 4.89. The molecule has 0 fully saturated rings. The summed E-state index contributed by atoms with van der Waals surface area (Å²) in [6.07, 6.45) is 0. The average Bonchev–Trinajstić information content (AvgIpc) is 2.72. The maximum Gasteiger partial charge on any atom is 0.238 e. The molecule has 2 heterocycles. The highest BCUT2D eigenvalue weighted by Gasteiger charge is 2.34. The standard InChI is InChI=1S/C14H13ClFN3OS/c1-6-10-12(11-8(15)4-3-5-9(11)16)21-7(2)14(20)17-13(10)19-18-6/h3-5,7,12H,1-2H3,(H2,17,18,19,20)/t7-,12-/m0/s1. The molecule has 0 aliphatic carbocycles. The summed E-state index contributed by atoms with van der Waals surface area (Å²) in [4.78, 5) is 12.0. The third-order valence-corrected chi connectivity index (χ3v) is 5.17. The van der Waals surface area contributed by atoms with Crippen LogP contribution in [0.5, 0.6) is 0 Å². The minimum Gasteiger partial charge on any atom is -0.308 e. The molecule has 1 aromatic heterocycles. The van der Waals surface area contributed by atoms with Crippen molar-refractivity contribution in [1.29, 1.82) is 0 Å². The first-order valence-corrected chi connectivity index (χ1v) is 7.76. The summed E-state index contributed by atoms with van der Waals surface area (Å²) in [6.45, 7) is 3.63. The second kappa shape index (κ2) is 5.35. The first-order valence-electron chi connectivity index (χ1n) is 6.44. The van der Waals surface area contributed by atoms with Crippen molar-refractivity contribution in [1.82, 2.24) is 10.2 Å². The number of carbonyl (C=O) groups excluding carboxylic acids is 1. The minimum absolute atomic E-state index is 0.150. The lowest BCUT2D eigenvalue weighted by Gasteiger charge is -2.19. The molecule has 0 radical (unpaired) electrons. The predicted molar refractivity (Wildman–Crippen MR) is 82.3 cm³/mol. The number of fused-ring (bicyclic) bond motifs is 1. The Kier molecular flexibility index (Phi) is 3.67. The molecule has 4 nitrogen and oxygen atoms in total. The number of carbonyl (C=O) groups is 1. The lowest BCUT2D eigenvalue weighted by molar-refractivity contribution is -0.115. The molecular weight excluding hydrogens is 313 g/mol. The zero-order valence-corrected chi connectivity index (χ0v) is 13.0. The molecule has 2 N–H and O–H groups in total. The molecule has 2 aromatic rings. The maximum absolute atomic E-state index is 14.3. The zero-order valence-electron chi connectivity index (χ0n) is 11.4. The van der Waals surface area contributed by atoms with Crippen molar-refractivity contribution in [2.45, 2.75) is 24.3 Å². The first kappa shape index (κ1) is 14.4. The Balaban J connectivity index is 2.21. The number of aromatic amines is 1. The van der Waals surface area contributed by atoms with Crippen molar-refractivity contribution < 1.29 is 9.18 Å². The molecule has 1 aliphatic rings. The summed E-state index contributed by atoms with van der Waals surface area (Å²) >= 11 is 7.56. The zero-order chi connectivity index (χ0) is 15.1. The Labute approximate surface area is 130 Å². The van der Waals surface area contributed by atoms with Gasteiger partial charge in [0.2, 0.25) is 5.91 Å². The van der Waals surface area contributed by atoms with Gasteiger partial charge in [-0.3, -0.25) is 9.89 Å². The number of rotatable bonds is 1. The number of thioether (sulfide) groups is 1. The number of aryl methyl sites for hydroxylation is 1. The number of halogens is 2. The summed E-state index contributed by atoms with van der Waals surface area (Å²) in [7, 11) is 0. The van der Waals surface area contributed by atoms with E-state index >= 15 is 0 Å². The van der Waals surface area contributed by atoms with E-state index in [9.17, 15) is 9.18 Å². The molecule has 2 atom stereocenters. The van der Waals surface area contributed by atoms with E-state index in [1.54, 1.807) is 19.1 Å². The normalized spacial score (nSPS) is 21.6. The van der Waals surface area contributed by atoms with Gasteiger partial charge in [-0.1, -0.05) is 17.7 Å². The number of amides is 1. The summed E-state index contributed by atoms with van der Waals surface area (Å²) in [5.41, 5.74) is 1.94. The predicted octanol–water partition coefficient (Wildman–Crippen LogP) is 3.67. The van der Waals surface area contributed by atoms with Crippen LogP contribution in [-0.2, 0) is 4.79 Å². The van der Waals surface area contributed by atoms with E-state index < -0.39 is 0 Å². The largest absolute Gasteiger partial charge is 0.308 e. The third kappa shape index (κ3) is 2.42. The summed E-state index contributed by atoms with van der Waals surface area (Å²) < 4.78 is 14.3. The number of aromatic nitrogens is 2. The van der Waals surface area contributed by atoms with Crippen LogP contribution < -0.4 is 5.32 Å². The maximum atomic E-state index is 14.3. The van der Waals surface area contributed by atoms with Crippen molar-refractivity contribution in [2.24, 2.45) is 0 Å². The van der Waals surface area contributed by atoms with E-state index in [2.05, 4.69) is 15.5 Å². The molecule has 0 bridgehead atoms. The summed E-state index contributed by atoms with van der Waals surface area (Å²) in [5.74, 6) is -0.0884. The Morgan fingerprint density at radius 2 is 2.14 bits per heavy atom. The van der Waals surface area contributed by atoms with Crippen LogP contribution in [0.4, 0.5) is 10.2 Å². The number of benzene rings is 1. The van der Waals surface area contributed by atoms with E-state index in [1.165, 1.54) is 17.8 Å². The van der Waals surface area contributed by atoms with E-state index in [0.29, 0.717) is 16.4 Å². The van der Waals surface area contributed by atoms with Gasteiger partial charge in [0, 0.05) is 21.8 Å². The van der Waals surface area contributed by atoms with Gasteiger partial charge < -0.3 is 5.32 Å². The van der Waals surface area contributed by atoms with Gasteiger partial charge in [-0.15, -0.1) is 11.8 Å². The van der Waals surface area contributed by atoms with Crippen LogP contribution >= 0.6 is 23.4 Å². The average molecular weight is 326 g/mol. The molecule has 1 aromatic carbocycles. The molecule has 1 aliphatic heterocycles. The SMILES string of the molecule is Cc1[nH]nc2c1[C@@H](c1c(F)cccc1Cl)S[C@@H](C)C(=O)N2. The fourth-order valence-electron chi connectivity index (χ4n) is 2.38. The Morgan fingerprint density at radius 3 is 2.86 bits per heavy atom. The van der Waals surface area contributed by atoms with E-state index in [4.69, 9.17) is 11.6 Å². The van der Waals surface area contributed by atoms with Crippen LogP contribution in [0.15, 0.2) is 18.2 Å². The molecule has 0 saturated heterocycles. The van der Waals surface area contributed by atoms with Crippen LogP contribution in [0.1, 0.15) is 29.0 Å². The van der Waals surface area contributed by atoms with Crippen LogP contribution in [0, 0.1) is 12.7 Å². The monoisotopic (exact) mass is 325 g/mol. The first-order chi connectivity index (χ1) is 9.99. The van der Waals surface area contributed by atoms with Crippen LogP contribution in [0.3, 0.4) is 0 Å². The molecule has 1 amide bonds. The molecule has 0 unspecified atom stereocenters. The van der Waals surface area contributed by atoms with E-state index in [0.717, 1.165) is 11.3 Å². The van der Waals surface area contributed by atoms with Crippen molar-refractivity contribution in [3.05, 3.63) is 45.9 Å². The molecule has 7 heteroatoms. The molecular formula is C14H13ClFN3OS. The molecule has 110 valence electrons. The summed E-state index contributed by atoms with van der Waals surface area (Å²) in [5, 5.41) is 9.33. The highest BCUT2D eigenvalue weighted by atomic mass is 35.5. The van der Waals surface area contributed by atoms with E-state index in [1.807, 2.05) is 6.92 Å². The number of anilines is 1. The van der Waals surface area contributed by atoms with Crippen molar-refractivity contribution >= 4 is 35.1 Å². The number of hydrogen-bond donors (Lipinski definition) is 2. The van der Waals surface area contributed by atoms with Crippen molar-refractivity contribution in [3.63, 3.8) is 0 Å². The highest BCUT2D eigenvalue weighted by molar-refractivity contribution is 8.01. The van der Waals surface area contributed by atoms with Crippen molar-refractivity contribution in [2.75, 3.05) is 5.32 Å². The highest BCUT2D eigenvalue weighted by Crippen LogP contribution is 2.47. The van der Waals surface area contributed by atoms with Crippen LogP contribution in [-0.4, -0.2) is 21.4 Å². The number of nitrogens with zero attached hydrogens (tertiary/aromatic N) is 1. The summed E-state index contributed by atoms with van der Waals surface area (Å²) in [6, 6.07) is 4.60.